The molecule has 0 atom stereocenters. The summed E-state index contributed by atoms with van der Waals surface area (Å²) in [6, 6.07) is 1.69. The Bertz CT molecular complexity index is 293. The fraction of sp³-hybridized carbons (Fsp3) is 0.429. The van der Waals surface area contributed by atoms with Crippen molar-refractivity contribution in [2.75, 3.05) is 7.05 Å². The first-order valence-electron chi connectivity index (χ1n) is 3.53. The molecule has 0 saturated carbocycles. The summed E-state index contributed by atoms with van der Waals surface area (Å²) in [7, 11) is 3.22. The van der Waals surface area contributed by atoms with Crippen LogP contribution in [0.15, 0.2) is 6.07 Å². The summed E-state index contributed by atoms with van der Waals surface area (Å²) in [5.74, 6) is 0.437. The minimum absolute atomic E-state index is 0.437. The van der Waals surface area contributed by atoms with Crippen LogP contribution in [0, 0.1) is 6.92 Å². The van der Waals surface area contributed by atoms with E-state index in [0.29, 0.717) is 5.88 Å². The van der Waals surface area contributed by atoms with Crippen molar-refractivity contribution in [1.82, 2.24) is 15.1 Å². The minimum Gasteiger partial charge on any atom is -0.392 e. The summed E-state index contributed by atoms with van der Waals surface area (Å²) in [6.45, 7) is 1.83. The Labute approximate surface area is 70.3 Å². The highest BCUT2D eigenvalue weighted by atomic mass is 16.6. The lowest BCUT2D eigenvalue weighted by molar-refractivity contribution is 0.199. The van der Waals surface area contributed by atoms with Gasteiger partial charge in [0.05, 0.1) is 5.69 Å². The Balaban J connectivity index is 2.75. The molecule has 0 aliphatic carbocycles. The van der Waals surface area contributed by atoms with Crippen molar-refractivity contribution in [3.05, 3.63) is 11.8 Å². The first-order chi connectivity index (χ1) is 5.63. The predicted molar refractivity (Wildman–Crippen MR) is 43.0 cm³/mol. The second kappa shape index (κ2) is 3.25. The number of amides is 1. The van der Waals surface area contributed by atoms with Crippen LogP contribution in [0.5, 0.6) is 5.88 Å². The Kier molecular flexibility index (Phi) is 2.32. The molecule has 1 rings (SSSR count). The van der Waals surface area contributed by atoms with Gasteiger partial charge in [-0.3, -0.25) is 0 Å². The number of nitrogens with zero attached hydrogens (tertiary/aromatic N) is 2. The molecule has 0 spiro atoms. The summed E-state index contributed by atoms with van der Waals surface area (Å²) < 4.78 is 6.37. The topological polar surface area (TPSA) is 56.1 Å². The molecular weight excluding hydrogens is 158 g/mol. The van der Waals surface area contributed by atoms with Crippen LogP contribution in [-0.4, -0.2) is 22.9 Å². The van der Waals surface area contributed by atoms with E-state index in [1.807, 2.05) is 6.92 Å². The van der Waals surface area contributed by atoms with Gasteiger partial charge in [0.25, 0.3) is 0 Å². The van der Waals surface area contributed by atoms with Gasteiger partial charge >= 0.3 is 6.09 Å². The SMILES string of the molecule is CNC(=O)Oc1cc(C)nn1C. The van der Waals surface area contributed by atoms with E-state index in [2.05, 4.69) is 10.4 Å². The lowest BCUT2D eigenvalue weighted by atomic mass is 10.5. The van der Waals surface area contributed by atoms with Gasteiger partial charge in [-0.25, -0.2) is 9.48 Å². The standard InChI is InChI=1S/C7H11N3O2/c1-5-4-6(10(3)9-5)12-7(11)8-2/h4H,1-3H3,(H,8,11). The predicted octanol–water partition coefficient (Wildman–Crippen LogP) is 0.447. The average Bonchev–Trinajstić information content (AvgIpc) is 2.30. The largest absolute Gasteiger partial charge is 0.413 e. The maximum absolute atomic E-state index is 10.8. The van der Waals surface area contributed by atoms with Crippen LogP contribution in [0.4, 0.5) is 4.79 Å². The number of aromatic nitrogens is 2. The molecule has 5 heteroatoms. The van der Waals surface area contributed by atoms with Crippen molar-refractivity contribution in [2.24, 2.45) is 7.05 Å². The highest BCUT2D eigenvalue weighted by Gasteiger charge is 2.06. The molecular formula is C7H11N3O2. The lowest BCUT2D eigenvalue weighted by Crippen LogP contribution is -2.23. The van der Waals surface area contributed by atoms with Crippen LogP contribution < -0.4 is 10.1 Å². The van der Waals surface area contributed by atoms with Gasteiger partial charge in [0.2, 0.25) is 5.88 Å². The number of hydrogen-bond acceptors (Lipinski definition) is 3. The first-order valence-corrected chi connectivity index (χ1v) is 3.53. The zero-order valence-corrected chi connectivity index (χ0v) is 7.29. The molecule has 0 aromatic carbocycles. The molecule has 12 heavy (non-hydrogen) atoms. The van der Waals surface area contributed by atoms with Crippen molar-refractivity contribution in [3.8, 4) is 5.88 Å². The van der Waals surface area contributed by atoms with Crippen LogP contribution in [-0.2, 0) is 7.05 Å². The molecule has 1 N–H and O–H groups in total. The Morgan fingerprint density at radius 2 is 2.42 bits per heavy atom. The molecule has 0 radical (unpaired) electrons. The van der Waals surface area contributed by atoms with Crippen LogP contribution in [0.3, 0.4) is 0 Å². The molecule has 0 bridgehead atoms. The van der Waals surface area contributed by atoms with Crippen molar-refractivity contribution in [3.63, 3.8) is 0 Å². The molecule has 66 valence electrons. The first kappa shape index (κ1) is 8.58. The smallest absolute Gasteiger partial charge is 0.392 e. The van der Waals surface area contributed by atoms with Gasteiger partial charge in [-0.2, -0.15) is 5.10 Å². The maximum Gasteiger partial charge on any atom is 0.413 e. The number of nitrogens with one attached hydrogen (secondary N) is 1. The van der Waals surface area contributed by atoms with Crippen LogP contribution in [0.2, 0.25) is 0 Å². The van der Waals surface area contributed by atoms with E-state index in [-0.39, 0.29) is 0 Å². The zero-order chi connectivity index (χ0) is 9.14. The number of hydrogen-bond donors (Lipinski definition) is 1. The summed E-state index contributed by atoms with van der Waals surface area (Å²) >= 11 is 0. The van der Waals surface area contributed by atoms with E-state index in [4.69, 9.17) is 4.74 Å². The molecule has 0 aliphatic heterocycles. The van der Waals surface area contributed by atoms with Gasteiger partial charge in [-0.05, 0) is 6.92 Å². The number of carbonyl (C=O) groups excluding carboxylic acids is 1. The molecule has 0 unspecified atom stereocenters. The molecule has 0 aliphatic rings. The van der Waals surface area contributed by atoms with Crippen LogP contribution >= 0.6 is 0 Å². The molecule has 0 fully saturated rings. The zero-order valence-electron chi connectivity index (χ0n) is 7.29. The van der Waals surface area contributed by atoms with Gasteiger partial charge in [0.15, 0.2) is 0 Å². The highest BCUT2D eigenvalue weighted by Crippen LogP contribution is 2.10. The number of carbonyl (C=O) groups is 1. The quantitative estimate of drug-likeness (QED) is 0.664. The monoisotopic (exact) mass is 169 g/mol. The average molecular weight is 169 g/mol. The van der Waals surface area contributed by atoms with Crippen molar-refractivity contribution in [1.29, 1.82) is 0 Å². The van der Waals surface area contributed by atoms with Gasteiger partial charge < -0.3 is 10.1 Å². The third kappa shape index (κ3) is 1.75. The van der Waals surface area contributed by atoms with Crippen LogP contribution in [0.1, 0.15) is 5.69 Å². The van der Waals surface area contributed by atoms with Gasteiger partial charge in [0, 0.05) is 20.2 Å². The molecule has 1 amide bonds. The van der Waals surface area contributed by atoms with E-state index >= 15 is 0 Å². The number of aryl methyl sites for hydroxylation is 2. The minimum atomic E-state index is -0.488. The van der Waals surface area contributed by atoms with E-state index < -0.39 is 6.09 Å². The molecule has 1 aromatic rings. The van der Waals surface area contributed by atoms with E-state index in [0.717, 1.165) is 5.69 Å². The van der Waals surface area contributed by atoms with Crippen molar-refractivity contribution >= 4 is 6.09 Å². The lowest BCUT2D eigenvalue weighted by Gasteiger charge is -2.01. The fourth-order valence-corrected chi connectivity index (χ4v) is 0.828. The second-order valence-corrected chi connectivity index (χ2v) is 2.39. The van der Waals surface area contributed by atoms with Crippen LogP contribution in [0.25, 0.3) is 0 Å². The normalized spacial score (nSPS) is 9.58. The highest BCUT2D eigenvalue weighted by molar-refractivity contribution is 5.69. The van der Waals surface area contributed by atoms with Crippen molar-refractivity contribution in [2.45, 2.75) is 6.92 Å². The van der Waals surface area contributed by atoms with E-state index in [1.165, 1.54) is 11.7 Å². The molecule has 5 nitrogen and oxygen atoms in total. The summed E-state index contributed by atoms with van der Waals surface area (Å²) in [4.78, 5) is 10.8. The summed E-state index contributed by atoms with van der Waals surface area (Å²) in [5.41, 5.74) is 0.816. The summed E-state index contributed by atoms with van der Waals surface area (Å²) in [6.07, 6.45) is -0.488. The van der Waals surface area contributed by atoms with Crippen molar-refractivity contribution < 1.29 is 9.53 Å². The maximum atomic E-state index is 10.8. The van der Waals surface area contributed by atoms with Gasteiger partial charge in [-0.1, -0.05) is 0 Å². The Morgan fingerprint density at radius 1 is 1.75 bits per heavy atom. The number of rotatable bonds is 1. The Morgan fingerprint density at radius 3 is 2.83 bits per heavy atom. The Hall–Kier alpha value is -1.52. The van der Waals surface area contributed by atoms with E-state index in [1.54, 1.807) is 13.1 Å². The molecule has 1 aromatic heterocycles. The third-order valence-electron chi connectivity index (χ3n) is 1.36. The fourth-order valence-electron chi connectivity index (χ4n) is 0.828. The molecule has 0 saturated heterocycles. The molecule has 1 heterocycles. The number of ether oxygens (including phenoxy) is 1. The third-order valence-corrected chi connectivity index (χ3v) is 1.36. The second-order valence-electron chi connectivity index (χ2n) is 2.39. The summed E-state index contributed by atoms with van der Waals surface area (Å²) in [5, 5.41) is 6.36. The van der Waals surface area contributed by atoms with Gasteiger partial charge in [-0.15, -0.1) is 0 Å². The van der Waals surface area contributed by atoms with E-state index in [9.17, 15) is 4.79 Å². The van der Waals surface area contributed by atoms with Gasteiger partial charge in [0.1, 0.15) is 0 Å².